The quantitative estimate of drug-likeness (QED) is 0.647. The highest BCUT2D eigenvalue weighted by atomic mass is 79.9. The largest absolute Gasteiger partial charge is 0.387 e. The molecule has 25 heavy (non-hydrogen) atoms. The Labute approximate surface area is 155 Å². The molecule has 0 unspecified atom stereocenters. The van der Waals surface area contributed by atoms with E-state index >= 15 is 0 Å². The number of halogens is 1. The maximum absolute atomic E-state index is 12.1. The molecule has 128 valence electrons. The van der Waals surface area contributed by atoms with Crippen molar-refractivity contribution >= 4 is 32.6 Å². The molecule has 0 radical (unpaired) electrons. The molecule has 1 atom stereocenters. The molecule has 0 saturated carbocycles. The predicted octanol–water partition coefficient (Wildman–Crippen LogP) is 4.38. The number of fused-ring (bicyclic) bond motifs is 1. The molecule has 2 N–H and O–H groups in total. The number of carbonyl (C=O) groups is 1. The Kier molecular flexibility index (Phi) is 5.84. The predicted molar refractivity (Wildman–Crippen MR) is 104 cm³/mol. The van der Waals surface area contributed by atoms with Gasteiger partial charge in [0.1, 0.15) is 0 Å². The van der Waals surface area contributed by atoms with E-state index in [1.54, 1.807) is 0 Å². The summed E-state index contributed by atoms with van der Waals surface area (Å²) in [5, 5.41) is 15.4. The first kappa shape index (κ1) is 17.6. The molecule has 3 rings (SSSR count). The topological polar surface area (TPSA) is 49.3 Å². The van der Waals surface area contributed by atoms with E-state index < -0.39 is 6.10 Å². The van der Waals surface area contributed by atoms with E-state index in [0.29, 0.717) is 12.8 Å². The molecule has 3 nitrogen and oxygen atoms in total. The van der Waals surface area contributed by atoms with Crippen LogP contribution in [0.3, 0.4) is 0 Å². The summed E-state index contributed by atoms with van der Waals surface area (Å²) in [6.07, 6.45) is 0.334. The average Bonchev–Trinajstić information content (AvgIpc) is 2.65. The van der Waals surface area contributed by atoms with Crippen LogP contribution < -0.4 is 5.32 Å². The van der Waals surface area contributed by atoms with Crippen molar-refractivity contribution in [2.45, 2.75) is 18.9 Å². The summed E-state index contributed by atoms with van der Waals surface area (Å²) in [7, 11) is 0. The van der Waals surface area contributed by atoms with Crippen LogP contribution in [0.25, 0.3) is 10.8 Å². The van der Waals surface area contributed by atoms with E-state index in [-0.39, 0.29) is 12.5 Å². The van der Waals surface area contributed by atoms with Gasteiger partial charge in [0.2, 0.25) is 5.91 Å². The van der Waals surface area contributed by atoms with Crippen LogP contribution >= 0.6 is 15.9 Å². The van der Waals surface area contributed by atoms with Crippen molar-refractivity contribution in [2.24, 2.45) is 0 Å². The molecular formula is C21H20BrNO2. The molecule has 0 heterocycles. The summed E-state index contributed by atoms with van der Waals surface area (Å²) in [5.74, 6) is -0.0601. The second-order valence-corrected chi connectivity index (χ2v) is 6.83. The van der Waals surface area contributed by atoms with Gasteiger partial charge in [-0.25, -0.2) is 0 Å². The Morgan fingerprint density at radius 3 is 2.56 bits per heavy atom. The van der Waals surface area contributed by atoms with Gasteiger partial charge in [-0.3, -0.25) is 4.79 Å². The molecular weight excluding hydrogens is 378 g/mol. The van der Waals surface area contributed by atoms with E-state index in [1.165, 1.54) is 0 Å². The SMILES string of the molecule is O=C(CCc1ccccc1Br)NC[C@@H](O)c1cccc2ccccc12. The minimum atomic E-state index is -0.724. The van der Waals surface area contributed by atoms with E-state index in [1.807, 2.05) is 66.7 Å². The number of hydrogen-bond acceptors (Lipinski definition) is 2. The maximum Gasteiger partial charge on any atom is 0.220 e. The Balaban J connectivity index is 1.57. The van der Waals surface area contributed by atoms with Crippen molar-refractivity contribution in [2.75, 3.05) is 6.54 Å². The second kappa shape index (κ2) is 8.28. The monoisotopic (exact) mass is 397 g/mol. The first-order valence-electron chi connectivity index (χ1n) is 8.31. The van der Waals surface area contributed by atoms with Crippen LogP contribution in [0.15, 0.2) is 71.2 Å². The zero-order valence-electron chi connectivity index (χ0n) is 13.8. The lowest BCUT2D eigenvalue weighted by Crippen LogP contribution is -2.28. The fraction of sp³-hybridized carbons (Fsp3) is 0.190. The zero-order chi connectivity index (χ0) is 17.6. The zero-order valence-corrected chi connectivity index (χ0v) is 15.4. The Hall–Kier alpha value is -2.17. The van der Waals surface area contributed by atoms with Crippen LogP contribution in [0.4, 0.5) is 0 Å². The highest BCUT2D eigenvalue weighted by Crippen LogP contribution is 2.24. The van der Waals surface area contributed by atoms with Crippen LogP contribution in [0.2, 0.25) is 0 Å². The van der Waals surface area contributed by atoms with Crippen LogP contribution in [0, 0.1) is 0 Å². The molecule has 0 aromatic heterocycles. The molecule has 0 fully saturated rings. The number of carbonyl (C=O) groups excluding carboxylic acids is 1. The number of aliphatic hydroxyl groups excluding tert-OH is 1. The van der Waals surface area contributed by atoms with Crippen LogP contribution in [0.5, 0.6) is 0 Å². The van der Waals surface area contributed by atoms with Crippen molar-refractivity contribution in [3.05, 3.63) is 82.3 Å². The molecule has 0 aliphatic rings. The first-order valence-corrected chi connectivity index (χ1v) is 9.10. The van der Waals surface area contributed by atoms with Gasteiger partial charge in [-0.05, 0) is 34.4 Å². The Morgan fingerprint density at radius 2 is 1.72 bits per heavy atom. The van der Waals surface area contributed by atoms with Gasteiger partial charge in [0.05, 0.1) is 6.10 Å². The fourth-order valence-corrected chi connectivity index (χ4v) is 3.38. The van der Waals surface area contributed by atoms with Gasteiger partial charge in [0.25, 0.3) is 0 Å². The molecule has 0 saturated heterocycles. The molecule has 0 spiro atoms. The standard InChI is InChI=1S/C21H20BrNO2/c22-19-11-4-2-7-16(19)12-13-21(25)23-14-20(24)18-10-5-8-15-6-1-3-9-17(15)18/h1-11,20,24H,12-14H2,(H,23,25)/t20-/m1/s1. The normalized spacial score (nSPS) is 12.1. The van der Waals surface area contributed by atoms with E-state index in [2.05, 4.69) is 21.2 Å². The maximum atomic E-state index is 12.1. The van der Waals surface area contributed by atoms with Crippen molar-refractivity contribution in [3.8, 4) is 0 Å². The van der Waals surface area contributed by atoms with Gasteiger partial charge >= 0.3 is 0 Å². The highest BCUT2D eigenvalue weighted by molar-refractivity contribution is 9.10. The number of rotatable bonds is 6. The van der Waals surface area contributed by atoms with Crippen molar-refractivity contribution < 1.29 is 9.90 Å². The molecule has 3 aromatic carbocycles. The van der Waals surface area contributed by atoms with Gasteiger partial charge in [-0.1, -0.05) is 76.6 Å². The minimum absolute atomic E-state index is 0.0601. The van der Waals surface area contributed by atoms with E-state index in [0.717, 1.165) is 26.4 Å². The third kappa shape index (κ3) is 4.47. The summed E-state index contributed by atoms with van der Waals surface area (Å²) in [5.41, 5.74) is 1.94. The van der Waals surface area contributed by atoms with Crippen molar-refractivity contribution in [1.29, 1.82) is 0 Å². The van der Waals surface area contributed by atoms with Gasteiger partial charge < -0.3 is 10.4 Å². The molecule has 0 aliphatic carbocycles. The van der Waals surface area contributed by atoms with Crippen molar-refractivity contribution in [1.82, 2.24) is 5.32 Å². The highest BCUT2D eigenvalue weighted by Gasteiger charge is 2.12. The Bertz CT molecular complexity index is 873. The third-order valence-corrected chi connectivity index (χ3v) is 5.03. The van der Waals surface area contributed by atoms with Crippen LogP contribution in [0.1, 0.15) is 23.7 Å². The number of aryl methyl sites for hydroxylation is 1. The summed E-state index contributed by atoms with van der Waals surface area (Å²) in [4.78, 5) is 12.1. The smallest absolute Gasteiger partial charge is 0.220 e. The van der Waals surface area contributed by atoms with Crippen LogP contribution in [-0.4, -0.2) is 17.6 Å². The fourth-order valence-electron chi connectivity index (χ4n) is 2.90. The van der Waals surface area contributed by atoms with Crippen molar-refractivity contribution in [3.63, 3.8) is 0 Å². The molecule has 0 aliphatic heterocycles. The number of benzene rings is 3. The summed E-state index contributed by atoms with van der Waals surface area (Å²) in [6.45, 7) is 0.211. The average molecular weight is 398 g/mol. The van der Waals surface area contributed by atoms with E-state index in [9.17, 15) is 9.90 Å². The van der Waals surface area contributed by atoms with Gasteiger partial charge in [0.15, 0.2) is 0 Å². The molecule has 4 heteroatoms. The molecule has 0 bridgehead atoms. The summed E-state index contributed by atoms with van der Waals surface area (Å²) < 4.78 is 1.01. The van der Waals surface area contributed by atoms with Gasteiger partial charge in [-0.15, -0.1) is 0 Å². The number of nitrogens with one attached hydrogen (secondary N) is 1. The Morgan fingerprint density at radius 1 is 1.00 bits per heavy atom. The van der Waals surface area contributed by atoms with Crippen LogP contribution in [-0.2, 0) is 11.2 Å². The summed E-state index contributed by atoms with van der Waals surface area (Å²) in [6, 6.07) is 21.7. The number of amides is 1. The third-order valence-electron chi connectivity index (χ3n) is 4.25. The lowest BCUT2D eigenvalue weighted by atomic mass is 10.0. The second-order valence-electron chi connectivity index (χ2n) is 5.98. The van der Waals surface area contributed by atoms with E-state index in [4.69, 9.17) is 0 Å². The summed E-state index contributed by atoms with van der Waals surface area (Å²) >= 11 is 3.49. The number of aliphatic hydroxyl groups is 1. The molecule has 3 aromatic rings. The first-order chi connectivity index (χ1) is 12.1. The molecule has 1 amide bonds. The van der Waals surface area contributed by atoms with Gasteiger partial charge in [0, 0.05) is 17.4 Å². The lowest BCUT2D eigenvalue weighted by Gasteiger charge is -2.15. The van der Waals surface area contributed by atoms with Gasteiger partial charge in [-0.2, -0.15) is 0 Å². The number of hydrogen-bond donors (Lipinski definition) is 2. The minimum Gasteiger partial charge on any atom is -0.387 e. The lowest BCUT2D eigenvalue weighted by molar-refractivity contribution is -0.121.